The van der Waals surface area contributed by atoms with Crippen LogP contribution in [0, 0.1) is 6.92 Å². The number of para-hydroxylation sites is 1. The van der Waals surface area contributed by atoms with Gasteiger partial charge in [-0.2, -0.15) is 8.78 Å². The minimum atomic E-state index is -2.56. The summed E-state index contributed by atoms with van der Waals surface area (Å²) in [5, 5.41) is 2.59. The minimum Gasteiger partial charge on any atom is -0.325 e. The number of hydrogen-bond acceptors (Lipinski definition) is 3. The van der Waals surface area contributed by atoms with Gasteiger partial charge in [-0.15, -0.1) is 0 Å². The molecule has 0 aliphatic rings. The summed E-state index contributed by atoms with van der Waals surface area (Å²) in [7, 11) is 0. The van der Waals surface area contributed by atoms with Crippen molar-refractivity contribution in [2.75, 3.05) is 5.32 Å². The predicted molar refractivity (Wildman–Crippen MR) is 91.7 cm³/mol. The van der Waals surface area contributed by atoms with Crippen LogP contribution in [0.25, 0.3) is 0 Å². The van der Waals surface area contributed by atoms with Gasteiger partial charge >= 0.3 is 0 Å². The predicted octanol–water partition coefficient (Wildman–Crippen LogP) is 4.91. The zero-order valence-electron chi connectivity index (χ0n) is 13.1. The molecule has 0 atom stereocenters. The summed E-state index contributed by atoms with van der Waals surface area (Å²) in [5.74, 6) is -3.07. The lowest BCUT2D eigenvalue weighted by Gasteiger charge is -2.10. The Hall–Kier alpha value is -2.21. The highest BCUT2D eigenvalue weighted by molar-refractivity contribution is 7.99. The maximum Gasteiger partial charge on any atom is 0.288 e. The fourth-order valence-corrected chi connectivity index (χ4v) is 2.69. The van der Waals surface area contributed by atoms with Crippen LogP contribution in [0.2, 0.25) is 0 Å². The van der Waals surface area contributed by atoms with Gasteiger partial charge in [0.25, 0.3) is 5.76 Å². The van der Waals surface area contributed by atoms with Gasteiger partial charge < -0.3 is 5.32 Å². The van der Waals surface area contributed by atoms with Gasteiger partial charge in [0.15, 0.2) is 5.78 Å². The molecule has 0 fully saturated rings. The number of rotatable bonds is 7. The Bertz CT molecular complexity index is 717. The number of thioether (sulfide) groups is 1. The third kappa shape index (κ3) is 5.45. The molecule has 0 bridgehead atoms. The summed E-state index contributed by atoms with van der Waals surface area (Å²) >= 11 is 0.375. The Balaban J connectivity index is 1.92. The number of Topliss-reactive ketones (excluding diaryl/α,β-unsaturated/α-hetero) is 1. The van der Waals surface area contributed by atoms with Gasteiger partial charge in [-0.25, -0.2) is 0 Å². The highest BCUT2D eigenvalue weighted by Crippen LogP contribution is 2.31. The molecule has 0 saturated heterocycles. The van der Waals surface area contributed by atoms with Crippen molar-refractivity contribution in [2.24, 2.45) is 0 Å². The molecule has 2 aromatic rings. The molecule has 6 heteroatoms. The third-order valence-corrected chi connectivity index (χ3v) is 4.12. The molecule has 0 heterocycles. The Morgan fingerprint density at radius 2 is 1.71 bits per heavy atom. The number of nitrogens with one attached hydrogen (secondary N) is 1. The Labute approximate surface area is 143 Å². The highest BCUT2D eigenvalue weighted by Gasteiger charge is 2.13. The molecule has 0 aliphatic carbocycles. The molecule has 0 spiro atoms. The van der Waals surface area contributed by atoms with Crippen LogP contribution in [0.4, 0.5) is 14.5 Å². The van der Waals surface area contributed by atoms with E-state index in [0.29, 0.717) is 27.9 Å². The van der Waals surface area contributed by atoms with Gasteiger partial charge in [-0.05, 0) is 19.1 Å². The number of aryl methyl sites for hydroxylation is 1. The van der Waals surface area contributed by atoms with Crippen LogP contribution < -0.4 is 5.32 Å². The standard InChI is InChI=1S/C18H17F2NO2S/c1-12-6-8-13(9-7-12)15(22)10-11-17(23)21-14-4-2-3-5-16(14)24-18(19)20/h2-9,18H,10-11H2,1H3,(H,21,23). The van der Waals surface area contributed by atoms with E-state index >= 15 is 0 Å². The molecule has 0 unspecified atom stereocenters. The molecular weight excluding hydrogens is 332 g/mol. The lowest BCUT2D eigenvalue weighted by atomic mass is 10.0. The van der Waals surface area contributed by atoms with E-state index in [2.05, 4.69) is 5.32 Å². The molecule has 2 aromatic carbocycles. The summed E-state index contributed by atoms with van der Waals surface area (Å²) in [6, 6.07) is 13.5. The monoisotopic (exact) mass is 349 g/mol. The smallest absolute Gasteiger partial charge is 0.288 e. The molecule has 1 amide bonds. The highest BCUT2D eigenvalue weighted by atomic mass is 32.2. The summed E-state index contributed by atoms with van der Waals surface area (Å²) in [6.45, 7) is 1.93. The SMILES string of the molecule is Cc1ccc(C(=O)CCC(=O)Nc2ccccc2SC(F)F)cc1. The topological polar surface area (TPSA) is 46.2 Å². The third-order valence-electron chi connectivity index (χ3n) is 3.33. The number of anilines is 1. The van der Waals surface area contributed by atoms with E-state index in [4.69, 9.17) is 0 Å². The second kappa shape index (κ2) is 8.59. The van der Waals surface area contributed by atoms with Crippen molar-refractivity contribution < 1.29 is 18.4 Å². The van der Waals surface area contributed by atoms with Crippen molar-refractivity contribution in [1.82, 2.24) is 0 Å². The molecular formula is C18H17F2NO2S. The first-order valence-corrected chi connectivity index (χ1v) is 8.27. The van der Waals surface area contributed by atoms with E-state index in [0.717, 1.165) is 5.56 Å². The Morgan fingerprint density at radius 1 is 1.04 bits per heavy atom. The first-order valence-electron chi connectivity index (χ1n) is 7.39. The number of halogens is 2. The number of benzene rings is 2. The first kappa shape index (κ1) is 18.1. The summed E-state index contributed by atoms with van der Waals surface area (Å²) in [6.07, 6.45) is 0.0689. The van der Waals surface area contributed by atoms with Gasteiger partial charge in [0.05, 0.1) is 5.69 Å². The molecule has 2 rings (SSSR count). The Morgan fingerprint density at radius 3 is 2.38 bits per heavy atom. The van der Waals surface area contributed by atoms with Crippen LogP contribution in [0.1, 0.15) is 28.8 Å². The number of alkyl halides is 2. The summed E-state index contributed by atoms with van der Waals surface area (Å²) in [4.78, 5) is 24.3. The van der Waals surface area contributed by atoms with Crippen LogP contribution in [0.5, 0.6) is 0 Å². The number of amides is 1. The van der Waals surface area contributed by atoms with E-state index in [1.807, 2.05) is 19.1 Å². The largest absolute Gasteiger partial charge is 0.325 e. The van der Waals surface area contributed by atoms with Gasteiger partial charge in [0, 0.05) is 23.3 Å². The maximum absolute atomic E-state index is 12.5. The molecule has 0 aromatic heterocycles. The van der Waals surface area contributed by atoms with E-state index in [9.17, 15) is 18.4 Å². The van der Waals surface area contributed by atoms with Crippen LogP contribution >= 0.6 is 11.8 Å². The van der Waals surface area contributed by atoms with Crippen molar-refractivity contribution >= 4 is 29.1 Å². The van der Waals surface area contributed by atoms with Crippen molar-refractivity contribution in [3.8, 4) is 0 Å². The van der Waals surface area contributed by atoms with Crippen molar-refractivity contribution in [3.05, 3.63) is 59.7 Å². The molecule has 126 valence electrons. The van der Waals surface area contributed by atoms with Crippen LogP contribution in [-0.2, 0) is 4.79 Å². The lowest BCUT2D eigenvalue weighted by Crippen LogP contribution is -2.14. The summed E-state index contributed by atoms with van der Waals surface area (Å²) < 4.78 is 25.0. The van der Waals surface area contributed by atoms with E-state index in [1.54, 1.807) is 30.3 Å². The summed E-state index contributed by atoms with van der Waals surface area (Å²) in [5.41, 5.74) is 1.94. The quantitative estimate of drug-likeness (QED) is 0.570. The van der Waals surface area contributed by atoms with E-state index in [-0.39, 0.29) is 24.5 Å². The zero-order chi connectivity index (χ0) is 17.5. The number of ketones is 1. The maximum atomic E-state index is 12.5. The van der Waals surface area contributed by atoms with Gasteiger partial charge in [-0.3, -0.25) is 9.59 Å². The second-order valence-corrected chi connectivity index (χ2v) is 6.24. The first-order chi connectivity index (χ1) is 11.5. The molecule has 1 N–H and O–H groups in total. The fraction of sp³-hybridized carbons (Fsp3) is 0.222. The van der Waals surface area contributed by atoms with Crippen molar-refractivity contribution in [1.29, 1.82) is 0 Å². The van der Waals surface area contributed by atoms with Gasteiger partial charge in [0.1, 0.15) is 0 Å². The second-order valence-electron chi connectivity index (χ2n) is 5.21. The molecule has 0 aliphatic heterocycles. The van der Waals surface area contributed by atoms with Gasteiger partial charge in [-0.1, -0.05) is 53.7 Å². The normalized spacial score (nSPS) is 10.7. The van der Waals surface area contributed by atoms with E-state index in [1.165, 1.54) is 6.07 Å². The van der Waals surface area contributed by atoms with Crippen molar-refractivity contribution in [3.63, 3.8) is 0 Å². The molecule has 0 radical (unpaired) electrons. The average Bonchev–Trinajstić information content (AvgIpc) is 2.54. The zero-order valence-corrected chi connectivity index (χ0v) is 13.9. The van der Waals surface area contributed by atoms with Crippen LogP contribution in [0.15, 0.2) is 53.4 Å². The van der Waals surface area contributed by atoms with Crippen molar-refractivity contribution in [2.45, 2.75) is 30.4 Å². The Kier molecular flexibility index (Phi) is 6.49. The average molecular weight is 349 g/mol. The molecule has 0 saturated carbocycles. The lowest BCUT2D eigenvalue weighted by molar-refractivity contribution is -0.116. The fourth-order valence-electron chi connectivity index (χ4n) is 2.09. The van der Waals surface area contributed by atoms with Gasteiger partial charge in [0.2, 0.25) is 5.91 Å². The molecule has 3 nitrogen and oxygen atoms in total. The van der Waals surface area contributed by atoms with Crippen LogP contribution in [-0.4, -0.2) is 17.4 Å². The number of carbonyl (C=O) groups excluding carboxylic acids is 2. The van der Waals surface area contributed by atoms with Crippen LogP contribution in [0.3, 0.4) is 0 Å². The molecule has 24 heavy (non-hydrogen) atoms. The number of hydrogen-bond donors (Lipinski definition) is 1. The van der Waals surface area contributed by atoms with E-state index < -0.39 is 5.76 Å². The number of carbonyl (C=O) groups is 2. The minimum absolute atomic E-state index is 0.000386.